The highest BCUT2D eigenvalue weighted by Crippen LogP contribution is 2.17. The first-order valence-electron chi connectivity index (χ1n) is 8.40. The number of nitrogens with two attached hydrogens (primary N) is 1. The fraction of sp³-hybridized carbons (Fsp3) is 0.350. The smallest absolute Gasteiger partial charge is 0.275 e. The van der Waals surface area contributed by atoms with Crippen LogP contribution in [0.15, 0.2) is 54.6 Å². The van der Waals surface area contributed by atoms with Crippen LogP contribution in [0, 0.1) is 11.7 Å². The zero-order chi connectivity index (χ0) is 17.5. The molecular formula is C20H26FN2O+. The zero-order valence-corrected chi connectivity index (χ0v) is 14.5. The Labute approximate surface area is 143 Å². The number of hydrogen-bond acceptors (Lipinski definition) is 1. The van der Waals surface area contributed by atoms with Crippen molar-refractivity contribution in [2.24, 2.45) is 5.92 Å². The maximum absolute atomic E-state index is 13.1. The molecule has 0 aliphatic carbocycles. The second-order valence-corrected chi connectivity index (χ2v) is 6.46. The Hall–Kier alpha value is -2.20. The second-order valence-electron chi connectivity index (χ2n) is 6.46. The average Bonchev–Trinajstić information content (AvgIpc) is 2.57. The Morgan fingerprint density at radius 3 is 2.21 bits per heavy atom. The lowest BCUT2D eigenvalue weighted by atomic mass is 9.96. The van der Waals surface area contributed by atoms with E-state index in [9.17, 15) is 9.18 Å². The van der Waals surface area contributed by atoms with Crippen LogP contribution in [0.3, 0.4) is 0 Å². The Morgan fingerprint density at radius 2 is 1.62 bits per heavy atom. The van der Waals surface area contributed by atoms with Crippen LogP contribution in [0.25, 0.3) is 0 Å². The van der Waals surface area contributed by atoms with Gasteiger partial charge in [-0.1, -0.05) is 56.3 Å². The van der Waals surface area contributed by atoms with Crippen molar-refractivity contribution in [3.8, 4) is 0 Å². The summed E-state index contributed by atoms with van der Waals surface area (Å²) in [4.78, 5) is 12.2. The molecule has 0 aliphatic rings. The highest BCUT2D eigenvalue weighted by atomic mass is 19.1. The summed E-state index contributed by atoms with van der Waals surface area (Å²) in [6.45, 7) is 6.54. The number of carbonyl (C=O) groups excluding carboxylic acids is 1. The molecule has 0 bridgehead atoms. The maximum atomic E-state index is 13.1. The van der Waals surface area contributed by atoms with Gasteiger partial charge in [0.1, 0.15) is 11.9 Å². The molecule has 128 valence electrons. The molecule has 0 aliphatic heterocycles. The molecule has 0 radical (unpaired) electrons. The van der Waals surface area contributed by atoms with Gasteiger partial charge in [-0.15, -0.1) is 0 Å². The highest BCUT2D eigenvalue weighted by molar-refractivity contribution is 5.77. The number of benzene rings is 2. The Balaban J connectivity index is 1.92. The van der Waals surface area contributed by atoms with Crippen molar-refractivity contribution in [3.05, 3.63) is 71.5 Å². The minimum absolute atomic E-state index is 0.000820. The molecule has 24 heavy (non-hydrogen) atoms. The molecule has 0 fully saturated rings. The summed E-state index contributed by atoms with van der Waals surface area (Å²) in [6.07, 6.45) is 0. The van der Waals surface area contributed by atoms with E-state index in [0.717, 1.165) is 11.1 Å². The first kappa shape index (κ1) is 18.1. The molecule has 0 saturated heterocycles. The van der Waals surface area contributed by atoms with E-state index >= 15 is 0 Å². The largest absolute Gasteiger partial charge is 0.345 e. The first-order valence-corrected chi connectivity index (χ1v) is 8.40. The average molecular weight is 329 g/mol. The van der Waals surface area contributed by atoms with Crippen LogP contribution in [0.1, 0.15) is 44.0 Å². The highest BCUT2D eigenvalue weighted by Gasteiger charge is 2.21. The lowest BCUT2D eigenvalue weighted by Crippen LogP contribution is -2.88. The predicted octanol–water partition coefficient (Wildman–Crippen LogP) is 2.96. The van der Waals surface area contributed by atoms with Crippen molar-refractivity contribution in [2.45, 2.75) is 32.9 Å². The van der Waals surface area contributed by atoms with Gasteiger partial charge in [0.15, 0.2) is 6.54 Å². The predicted molar refractivity (Wildman–Crippen MR) is 93.8 cm³/mol. The van der Waals surface area contributed by atoms with Gasteiger partial charge in [-0.2, -0.15) is 0 Å². The van der Waals surface area contributed by atoms with Crippen molar-refractivity contribution < 1.29 is 14.5 Å². The van der Waals surface area contributed by atoms with Crippen molar-refractivity contribution >= 4 is 5.91 Å². The van der Waals surface area contributed by atoms with Crippen LogP contribution in [0.4, 0.5) is 4.39 Å². The van der Waals surface area contributed by atoms with E-state index < -0.39 is 0 Å². The number of amides is 1. The lowest BCUT2D eigenvalue weighted by molar-refractivity contribution is -0.692. The monoisotopic (exact) mass is 329 g/mol. The van der Waals surface area contributed by atoms with Gasteiger partial charge >= 0.3 is 0 Å². The van der Waals surface area contributed by atoms with Gasteiger partial charge in [0.2, 0.25) is 0 Å². The van der Waals surface area contributed by atoms with Gasteiger partial charge in [0, 0.05) is 11.5 Å². The summed E-state index contributed by atoms with van der Waals surface area (Å²) in [5.41, 5.74) is 2.13. The molecular weight excluding hydrogens is 303 g/mol. The number of carbonyl (C=O) groups is 1. The molecule has 0 aromatic heterocycles. The van der Waals surface area contributed by atoms with E-state index in [0.29, 0.717) is 12.5 Å². The summed E-state index contributed by atoms with van der Waals surface area (Å²) < 4.78 is 13.1. The normalized spacial score (nSPS) is 13.5. The third-order valence-electron chi connectivity index (χ3n) is 4.21. The number of nitrogens with one attached hydrogen (secondary N) is 1. The van der Waals surface area contributed by atoms with Gasteiger partial charge in [0.25, 0.3) is 5.91 Å². The molecule has 0 spiro atoms. The van der Waals surface area contributed by atoms with E-state index in [4.69, 9.17) is 0 Å². The van der Waals surface area contributed by atoms with Crippen molar-refractivity contribution in [3.63, 3.8) is 0 Å². The molecule has 0 heterocycles. The van der Waals surface area contributed by atoms with E-state index in [-0.39, 0.29) is 23.8 Å². The van der Waals surface area contributed by atoms with Crippen LogP contribution in [0.2, 0.25) is 0 Å². The molecule has 4 heteroatoms. The molecule has 0 saturated carbocycles. The number of hydrogen-bond donors (Lipinski definition) is 2. The zero-order valence-electron chi connectivity index (χ0n) is 14.5. The Bertz CT molecular complexity index is 640. The summed E-state index contributed by atoms with van der Waals surface area (Å²) >= 11 is 0. The molecule has 0 unspecified atom stereocenters. The van der Waals surface area contributed by atoms with Crippen LogP contribution < -0.4 is 10.6 Å². The molecule has 2 aromatic carbocycles. The molecule has 2 aromatic rings. The molecule has 2 atom stereocenters. The number of halogens is 1. The Kier molecular flexibility index (Phi) is 6.50. The molecule has 1 amide bonds. The van der Waals surface area contributed by atoms with Crippen LogP contribution in [-0.4, -0.2) is 12.5 Å². The summed E-state index contributed by atoms with van der Waals surface area (Å²) in [5.74, 6) is 0.101. The standard InChI is InChI=1S/C20H25FN2O/c1-14(2)20(17-9-11-18(21)12-10-17)22-13-19(24)23-15(3)16-7-5-4-6-8-16/h4-12,14-15,20,22H,13H2,1-3H3,(H,23,24)/p+1/t15-,20+/m1/s1. The van der Waals surface area contributed by atoms with Crippen molar-refractivity contribution in [1.29, 1.82) is 0 Å². The SMILES string of the molecule is CC(C)[C@H]([NH2+]CC(=O)N[C@H](C)c1ccccc1)c1ccc(F)cc1. The van der Waals surface area contributed by atoms with E-state index in [1.54, 1.807) is 12.1 Å². The fourth-order valence-electron chi connectivity index (χ4n) is 2.84. The van der Waals surface area contributed by atoms with Gasteiger partial charge < -0.3 is 10.6 Å². The van der Waals surface area contributed by atoms with Crippen molar-refractivity contribution in [1.82, 2.24) is 5.32 Å². The first-order chi connectivity index (χ1) is 11.5. The third-order valence-corrected chi connectivity index (χ3v) is 4.21. The van der Waals surface area contributed by atoms with E-state index in [2.05, 4.69) is 19.2 Å². The minimum Gasteiger partial charge on any atom is -0.345 e. The van der Waals surface area contributed by atoms with Gasteiger partial charge in [-0.3, -0.25) is 4.79 Å². The molecule has 2 rings (SSSR count). The quantitative estimate of drug-likeness (QED) is 0.806. The van der Waals surface area contributed by atoms with Crippen LogP contribution in [-0.2, 0) is 4.79 Å². The van der Waals surface area contributed by atoms with E-state index in [1.807, 2.05) is 42.6 Å². The second kappa shape index (κ2) is 8.60. The molecule has 3 nitrogen and oxygen atoms in total. The number of quaternary nitrogens is 1. The summed E-state index contributed by atoms with van der Waals surface area (Å²) in [5, 5.41) is 5.04. The van der Waals surface area contributed by atoms with Gasteiger partial charge in [0.05, 0.1) is 6.04 Å². The summed E-state index contributed by atoms with van der Waals surface area (Å²) in [6, 6.07) is 16.5. The Morgan fingerprint density at radius 1 is 1.00 bits per heavy atom. The van der Waals surface area contributed by atoms with Crippen LogP contribution in [0.5, 0.6) is 0 Å². The fourth-order valence-corrected chi connectivity index (χ4v) is 2.84. The minimum atomic E-state index is -0.240. The number of rotatable bonds is 7. The topological polar surface area (TPSA) is 45.7 Å². The maximum Gasteiger partial charge on any atom is 0.275 e. The third kappa shape index (κ3) is 5.17. The summed E-state index contributed by atoms with van der Waals surface area (Å²) in [7, 11) is 0. The lowest BCUT2D eigenvalue weighted by Gasteiger charge is -2.20. The van der Waals surface area contributed by atoms with Crippen LogP contribution >= 0.6 is 0 Å². The molecule has 3 N–H and O–H groups in total. The van der Waals surface area contributed by atoms with Gasteiger partial charge in [-0.05, 0) is 24.6 Å². The van der Waals surface area contributed by atoms with Crippen molar-refractivity contribution in [2.75, 3.05) is 6.54 Å². The van der Waals surface area contributed by atoms with Gasteiger partial charge in [-0.25, -0.2) is 4.39 Å². The van der Waals surface area contributed by atoms with E-state index in [1.165, 1.54) is 12.1 Å².